The van der Waals surface area contributed by atoms with Crippen LogP contribution in [0.25, 0.3) is 11.3 Å². The maximum Gasteiger partial charge on any atom is 0.257 e. The third-order valence-corrected chi connectivity index (χ3v) is 5.56. The number of piperazine rings is 1. The second kappa shape index (κ2) is 9.48. The zero-order valence-electron chi connectivity index (χ0n) is 17.1. The second-order valence-electron chi connectivity index (χ2n) is 7.40. The van der Waals surface area contributed by atoms with E-state index in [0.29, 0.717) is 43.4 Å². The number of carbonyl (C=O) groups is 2. The molecule has 0 atom stereocenters. The van der Waals surface area contributed by atoms with Gasteiger partial charge in [-0.15, -0.1) is 0 Å². The van der Waals surface area contributed by atoms with Crippen LogP contribution in [0.15, 0.2) is 53.1 Å². The summed E-state index contributed by atoms with van der Waals surface area (Å²) in [4.78, 5) is 32.4. The van der Waals surface area contributed by atoms with E-state index < -0.39 is 17.5 Å². The smallest absolute Gasteiger partial charge is 0.257 e. The van der Waals surface area contributed by atoms with Gasteiger partial charge in [-0.1, -0.05) is 23.7 Å². The number of nitrogens with zero attached hydrogens (tertiary/aromatic N) is 3. The van der Waals surface area contributed by atoms with Crippen molar-refractivity contribution in [3.8, 4) is 11.3 Å². The van der Waals surface area contributed by atoms with Crippen LogP contribution in [0.2, 0.25) is 5.02 Å². The minimum absolute atomic E-state index is 0.0770. The van der Waals surface area contributed by atoms with E-state index in [1.165, 1.54) is 29.3 Å². The summed E-state index contributed by atoms with van der Waals surface area (Å²) in [5.41, 5.74) is 0.237. The lowest BCUT2D eigenvalue weighted by molar-refractivity contribution is -0.132. The molecule has 1 saturated heterocycles. The van der Waals surface area contributed by atoms with Gasteiger partial charge in [-0.25, -0.2) is 13.8 Å². The summed E-state index contributed by atoms with van der Waals surface area (Å²) in [5, 5.41) is 0.285. The average Bonchev–Trinajstić information content (AvgIpc) is 3.28. The van der Waals surface area contributed by atoms with E-state index in [1.807, 2.05) is 0 Å². The van der Waals surface area contributed by atoms with E-state index in [2.05, 4.69) is 4.98 Å². The number of aromatic nitrogens is 1. The minimum atomic E-state index is -0.626. The molecule has 166 valence electrons. The van der Waals surface area contributed by atoms with Gasteiger partial charge in [0.2, 0.25) is 5.91 Å². The molecule has 32 heavy (non-hydrogen) atoms. The highest BCUT2D eigenvalue weighted by Gasteiger charge is 2.26. The van der Waals surface area contributed by atoms with Gasteiger partial charge in [0, 0.05) is 44.0 Å². The summed E-state index contributed by atoms with van der Waals surface area (Å²) >= 11 is 5.87. The maximum absolute atomic E-state index is 14.0. The molecule has 2 heterocycles. The highest BCUT2D eigenvalue weighted by Crippen LogP contribution is 2.24. The molecule has 0 spiro atoms. The number of rotatable bonds is 5. The Kier molecular flexibility index (Phi) is 6.50. The lowest BCUT2D eigenvalue weighted by Crippen LogP contribution is -2.50. The molecule has 2 amide bonds. The van der Waals surface area contributed by atoms with Gasteiger partial charge in [0.05, 0.1) is 17.3 Å². The van der Waals surface area contributed by atoms with E-state index in [0.717, 1.165) is 6.07 Å². The third-order valence-electron chi connectivity index (χ3n) is 5.32. The fourth-order valence-electron chi connectivity index (χ4n) is 3.57. The van der Waals surface area contributed by atoms with Crippen molar-refractivity contribution in [1.82, 2.24) is 14.8 Å². The van der Waals surface area contributed by atoms with Gasteiger partial charge in [-0.3, -0.25) is 9.59 Å². The molecule has 2 aromatic carbocycles. The van der Waals surface area contributed by atoms with E-state index in [4.69, 9.17) is 16.0 Å². The van der Waals surface area contributed by atoms with Crippen molar-refractivity contribution in [2.24, 2.45) is 0 Å². The van der Waals surface area contributed by atoms with Crippen LogP contribution in [-0.2, 0) is 11.2 Å². The topological polar surface area (TPSA) is 66.7 Å². The largest absolute Gasteiger partial charge is 0.441 e. The Morgan fingerprint density at radius 1 is 1.00 bits per heavy atom. The Balaban J connectivity index is 1.29. The standard InChI is InChI=1S/C23H20ClF2N3O3/c24-15-5-6-19(26)17(13-15)23(31)29-11-9-28(10-12-29)22(30)8-7-21-27-14-20(32-21)16-3-1-2-4-18(16)25/h1-6,13-14H,7-12H2. The summed E-state index contributed by atoms with van der Waals surface area (Å²) in [6, 6.07) is 10.1. The molecule has 4 rings (SSSR count). The molecule has 1 aliphatic rings. The number of oxazole rings is 1. The molecule has 1 fully saturated rings. The molecular formula is C23H20ClF2N3O3. The average molecular weight is 460 g/mol. The van der Waals surface area contributed by atoms with Crippen LogP contribution in [0.4, 0.5) is 8.78 Å². The van der Waals surface area contributed by atoms with Gasteiger partial charge < -0.3 is 14.2 Å². The molecule has 6 nitrogen and oxygen atoms in total. The first-order chi connectivity index (χ1) is 15.4. The predicted molar refractivity (Wildman–Crippen MR) is 114 cm³/mol. The van der Waals surface area contributed by atoms with Gasteiger partial charge in [0.1, 0.15) is 11.6 Å². The number of hydrogen-bond acceptors (Lipinski definition) is 4. The lowest BCUT2D eigenvalue weighted by Gasteiger charge is -2.35. The highest BCUT2D eigenvalue weighted by atomic mass is 35.5. The molecule has 0 unspecified atom stereocenters. The Bertz CT molecular complexity index is 1140. The number of halogens is 3. The first kappa shape index (κ1) is 22.0. The zero-order chi connectivity index (χ0) is 22.7. The molecule has 0 saturated carbocycles. The minimum Gasteiger partial charge on any atom is -0.441 e. The predicted octanol–water partition coefficient (Wildman–Crippen LogP) is 4.19. The van der Waals surface area contributed by atoms with Crippen molar-refractivity contribution in [3.05, 3.63) is 76.8 Å². The summed E-state index contributed by atoms with van der Waals surface area (Å²) < 4.78 is 33.4. The van der Waals surface area contributed by atoms with Crippen molar-refractivity contribution in [3.63, 3.8) is 0 Å². The van der Waals surface area contributed by atoms with E-state index in [1.54, 1.807) is 23.1 Å². The van der Waals surface area contributed by atoms with Crippen molar-refractivity contribution < 1.29 is 22.8 Å². The van der Waals surface area contributed by atoms with Gasteiger partial charge in [0.15, 0.2) is 11.7 Å². The van der Waals surface area contributed by atoms with Crippen LogP contribution < -0.4 is 0 Å². The molecule has 0 N–H and O–H groups in total. The molecule has 1 aromatic heterocycles. The monoisotopic (exact) mass is 459 g/mol. The maximum atomic E-state index is 14.0. The SMILES string of the molecule is O=C(CCc1ncc(-c2ccccc2F)o1)N1CCN(C(=O)c2cc(Cl)ccc2F)CC1. The Hall–Kier alpha value is -3.26. The molecule has 0 aliphatic carbocycles. The van der Waals surface area contributed by atoms with Gasteiger partial charge in [-0.05, 0) is 30.3 Å². The van der Waals surface area contributed by atoms with Crippen molar-refractivity contribution >= 4 is 23.4 Å². The van der Waals surface area contributed by atoms with Crippen molar-refractivity contribution in [2.45, 2.75) is 12.8 Å². The molecule has 0 bridgehead atoms. The van der Waals surface area contributed by atoms with Crippen LogP contribution in [0.3, 0.4) is 0 Å². The molecule has 3 aromatic rings. The lowest BCUT2D eigenvalue weighted by atomic mass is 10.1. The van der Waals surface area contributed by atoms with Crippen LogP contribution in [0.1, 0.15) is 22.7 Å². The number of benzene rings is 2. The van der Waals surface area contributed by atoms with Crippen molar-refractivity contribution in [1.29, 1.82) is 0 Å². The zero-order valence-corrected chi connectivity index (χ0v) is 17.8. The number of amides is 2. The molecule has 1 aliphatic heterocycles. The number of hydrogen-bond donors (Lipinski definition) is 0. The summed E-state index contributed by atoms with van der Waals surface area (Å²) in [7, 11) is 0. The fraction of sp³-hybridized carbons (Fsp3) is 0.261. The Morgan fingerprint density at radius 2 is 1.72 bits per heavy atom. The molecule has 9 heteroatoms. The Morgan fingerprint density at radius 3 is 2.47 bits per heavy atom. The third kappa shape index (κ3) is 4.80. The van der Waals surface area contributed by atoms with Crippen LogP contribution in [-0.4, -0.2) is 52.8 Å². The van der Waals surface area contributed by atoms with Crippen LogP contribution in [0.5, 0.6) is 0 Å². The van der Waals surface area contributed by atoms with Crippen molar-refractivity contribution in [2.75, 3.05) is 26.2 Å². The molecule has 0 radical (unpaired) electrons. The van der Waals surface area contributed by atoms with Gasteiger partial charge >= 0.3 is 0 Å². The summed E-state index contributed by atoms with van der Waals surface area (Å²) in [6.07, 6.45) is 1.89. The van der Waals surface area contributed by atoms with Crippen LogP contribution >= 0.6 is 11.6 Å². The fourth-order valence-corrected chi connectivity index (χ4v) is 3.75. The van der Waals surface area contributed by atoms with E-state index >= 15 is 0 Å². The number of carbonyl (C=O) groups excluding carboxylic acids is 2. The normalized spacial score (nSPS) is 14.0. The van der Waals surface area contributed by atoms with E-state index in [-0.39, 0.29) is 29.3 Å². The first-order valence-electron chi connectivity index (χ1n) is 10.1. The Labute approximate surface area is 188 Å². The summed E-state index contributed by atoms with van der Waals surface area (Å²) in [5.74, 6) is -0.919. The quantitative estimate of drug-likeness (QED) is 0.574. The molecular weight excluding hydrogens is 440 g/mol. The second-order valence-corrected chi connectivity index (χ2v) is 7.83. The van der Waals surface area contributed by atoms with Gasteiger partial charge in [0.25, 0.3) is 5.91 Å². The van der Waals surface area contributed by atoms with Gasteiger partial charge in [-0.2, -0.15) is 0 Å². The van der Waals surface area contributed by atoms with Crippen LogP contribution in [0, 0.1) is 11.6 Å². The first-order valence-corrected chi connectivity index (χ1v) is 10.5. The highest BCUT2D eigenvalue weighted by molar-refractivity contribution is 6.31. The number of aryl methyl sites for hydroxylation is 1. The van der Waals surface area contributed by atoms with E-state index in [9.17, 15) is 18.4 Å². The summed E-state index contributed by atoms with van der Waals surface area (Å²) in [6.45, 7) is 1.29.